The quantitative estimate of drug-likeness (QED) is 0.452. The predicted molar refractivity (Wildman–Crippen MR) is 112 cm³/mol. The van der Waals surface area contributed by atoms with Crippen molar-refractivity contribution >= 4 is 58.2 Å². The van der Waals surface area contributed by atoms with Gasteiger partial charge >= 0.3 is 0 Å². The number of carbonyl (C=O) groups excluding carboxylic acids is 1. The number of nitrogens with zero attached hydrogens (tertiary/aromatic N) is 1. The molecule has 1 amide bonds. The number of rotatable bonds is 4. The fourth-order valence-electron chi connectivity index (χ4n) is 2.20. The first-order valence-corrected chi connectivity index (χ1v) is 8.92. The first-order valence-electron chi connectivity index (χ1n) is 7.76. The van der Waals surface area contributed by atoms with E-state index in [-0.39, 0.29) is 11.0 Å². The molecule has 0 saturated carbocycles. The maximum atomic E-state index is 12.0. The van der Waals surface area contributed by atoms with E-state index in [0.29, 0.717) is 27.3 Å². The van der Waals surface area contributed by atoms with Crippen molar-refractivity contribution in [2.45, 2.75) is 0 Å². The molecule has 0 fully saturated rings. The lowest BCUT2D eigenvalue weighted by atomic mass is 10.2. The van der Waals surface area contributed by atoms with Crippen LogP contribution in [-0.2, 0) is 4.79 Å². The number of hydrogen-bond acceptors (Lipinski definition) is 4. The van der Waals surface area contributed by atoms with Crippen molar-refractivity contribution in [2.24, 2.45) is 0 Å². The minimum Gasteiger partial charge on any atom is -0.457 e. The molecule has 3 aromatic rings. The monoisotopic (exact) mass is 417 g/mol. The van der Waals surface area contributed by atoms with Gasteiger partial charge in [-0.25, -0.2) is 0 Å². The van der Waals surface area contributed by atoms with Gasteiger partial charge in [0, 0.05) is 27.9 Å². The van der Waals surface area contributed by atoms with E-state index in [1.54, 1.807) is 54.9 Å². The van der Waals surface area contributed by atoms with Gasteiger partial charge in [-0.05, 0) is 60.8 Å². The van der Waals surface area contributed by atoms with Crippen LogP contribution in [0.3, 0.4) is 0 Å². The van der Waals surface area contributed by atoms with E-state index in [1.165, 1.54) is 12.2 Å². The normalized spacial score (nSPS) is 10.7. The SMILES string of the molecule is O=C(C=Cc1ccc(-c2cc(Cl)cc(Cl)c2)o1)NC(=S)Nc1cccnc1. The predicted octanol–water partition coefficient (Wildman–Crippen LogP) is 5.17. The Bertz CT molecular complexity index is 983. The molecule has 5 nitrogen and oxygen atoms in total. The van der Waals surface area contributed by atoms with Gasteiger partial charge in [0.1, 0.15) is 11.5 Å². The van der Waals surface area contributed by atoms with Crippen LogP contribution in [0.25, 0.3) is 17.4 Å². The summed E-state index contributed by atoms with van der Waals surface area (Å²) in [4.78, 5) is 15.9. The Morgan fingerprint density at radius 2 is 1.93 bits per heavy atom. The first kappa shape index (κ1) is 19.1. The van der Waals surface area contributed by atoms with Crippen molar-refractivity contribution in [3.8, 4) is 11.3 Å². The van der Waals surface area contributed by atoms with Crippen molar-refractivity contribution in [1.82, 2.24) is 10.3 Å². The van der Waals surface area contributed by atoms with E-state index in [4.69, 9.17) is 39.8 Å². The second-order valence-corrected chi connectivity index (χ2v) is 6.66. The number of nitrogens with one attached hydrogen (secondary N) is 2. The van der Waals surface area contributed by atoms with Crippen LogP contribution in [0.5, 0.6) is 0 Å². The van der Waals surface area contributed by atoms with Crippen LogP contribution in [0.4, 0.5) is 5.69 Å². The number of pyridine rings is 1. The van der Waals surface area contributed by atoms with Gasteiger partial charge in [-0.3, -0.25) is 15.1 Å². The van der Waals surface area contributed by atoms with E-state index in [2.05, 4.69) is 15.6 Å². The molecule has 0 bridgehead atoms. The van der Waals surface area contributed by atoms with Crippen molar-refractivity contribution in [1.29, 1.82) is 0 Å². The summed E-state index contributed by atoms with van der Waals surface area (Å²) in [5.41, 5.74) is 1.43. The van der Waals surface area contributed by atoms with Gasteiger partial charge in [0.05, 0.1) is 11.9 Å². The van der Waals surface area contributed by atoms with Gasteiger partial charge < -0.3 is 9.73 Å². The van der Waals surface area contributed by atoms with E-state index < -0.39 is 0 Å². The highest BCUT2D eigenvalue weighted by Crippen LogP contribution is 2.28. The minimum atomic E-state index is -0.389. The Kier molecular flexibility index (Phi) is 6.24. The summed E-state index contributed by atoms with van der Waals surface area (Å²) >= 11 is 17.1. The van der Waals surface area contributed by atoms with E-state index in [9.17, 15) is 4.79 Å². The maximum absolute atomic E-state index is 12.0. The number of halogens is 2. The summed E-state index contributed by atoms with van der Waals surface area (Å²) in [5, 5.41) is 6.60. The molecule has 1 aromatic carbocycles. The maximum Gasteiger partial charge on any atom is 0.250 e. The van der Waals surface area contributed by atoms with Crippen LogP contribution in [-0.4, -0.2) is 16.0 Å². The summed E-state index contributed by atoms with van der Waals surface area (Å²) in [6.07, 6.45) is 6.10. The van der Waals surface area contributed by atoms with Gasteiger partial charge in [-0.15, -0.1) is 0 Å². The molecule has 3 rings (SSSR count). The molecule has 8 heteroatoms. The van der Waals surface area contributed by atoms with Gasteiger partial charge in [-0.2, -0.15) is 0 Å². The lowest BCUT2D eigenvalue weighted by Gasteiger charge is -2.06. The number of aromatic nitrogens is 1. The number of amides is 1. The van der Waals surface area contributed by atoms with Crippen molar-refractivity contribution < 1.29 is 9.21 Å². The van der Waals surface area contributed by atoms with Gasteiger partial charge in [0.2, 0.25) is 5.91 Å². The molecule has 0 atom stereocenters. The smallest absolute Gasteiger partial charge is 0.250 e. The molecule has 2 N–H and O–H groups in total. The molecule has 2 aromatic heterocycles. The van der Waals surface area contributed by atoms with Crippen LogP contribution in [0, 0.1) is 0 Å². The molecule has 0 spiro atoms. The fraction of sp³-hybridized carbons (Fsp3) is 0. The van der Waals surface area contributed by atoms with Gasteiger partial charge in [-0.1, -0.05) is 23.2 Å². The minimum absolute atomic E-state index is 0.173. The van der Waals surface area contributed by atoms with Gasteiger partial charge in [0.25, 0.3) is 0 Å². The molecule has 0 unspecified atom stereocenters. The Hall–Kier alpha value is -2.67. The zero-order valence-electron chi connectivity index (χ0n) is 13.8. The zero-order valence-corrected chi connectivity index (χ0v) is 16.1. The topological polar surface area (TPSA) is 67.2 Å². The zero-order chi connectivity index (χ0) is 19.2. The van der Waals surface area contributed by atoms with E-state index in [0.717, 1.165) is 5.56 Å². The lowest BCUT2D eigenvalue weighted by molar-refractivity contribution is -0.115. The molecule has 27 heavy (non-hydrogen) atoms. The van der Waals surface area contributed by atoms with Crippen LogP contribution in [0.2, 0.25) is 10.0 Å². The Labute approximate surface area is 171 Å². The Morgan fingerprint density at radius 1 is 1.15 bits per heavy atom. The molecular weight excluding hydrogens is 405 g/mol. The molecule has 2 heterocycles. The third-order valence-electron chi connectivity index (χ3n) is 3.33. The summed E-state index contributed by atoms with van der Waals surface area (Å²) in [6.45, 7) is 0. The average Bonchev–Trinajstić information content (AvgIpc) is 3.09. The molecule has 0 radical (unpaired) electrons. The third-order valence-corrected chi connectivity index (χ3v) is 3.97. The number of carbonyl (C=O) groups is 1. The summed E-state index contributed by atoms with van der Waals surface area (Å²) < 4.78 is 5.69. The van der Waals surface area contributed by atoms with Gasteiger partial charge in [0.15, 0.2) is 5.11 Å². The summed E-state index contributed by atoms with van der Waals surface area (Å²) in [6, 6.07) is 12.2. The fourth-order valence-corrected chi connectivity index (χ4v) is 2.95. The number of thiocarbonyl (C=S) groups is 1. The second-order valence-electron chi connectivity index (χ2n) is 5.38. The summed E-state index contributed by atoms with van der Waals surface area (Å²) in [5.74, 6) is 0.704. The number of furan rings is 1. The largest absolute Gasteiger partial charge is 0.457 e. The number of hydrogen-bond donors (Lipinski definition) is 2. The second kappa shape index (κ2) is 8.81. The first-order chi connectivity index (χ1) is 13.0. The number of benzene rings is 1. The molecule has 0 aliphatic rings. The Balaban J connectivity index is 1.60. The van der Waals surface area contributed by atoms with E-state index >= 15 is 0 Å². The molecule has 0 saturated heterocycles. The highest BCUT2D eigenvalue weighted by molar-refractivity contribution is 7.80. The molecule has 0 aliphatic heterocycles. The number of anilines is 1. The van der Waals surface area contributed by atoms with Crippen molar-refractivity contribution in [3.63, 3.8) is 0 Å². The Morgan fingerprint density at radius 3 is 2.63 bits per heavy atom. The van der Waals surface area contributed by atoms with Crippen LogP contribution in [0.1, 0.15) is 5.76 Å². The molecule has 136 valence electrons. The highest BCUT2D eigenvalue weighted by atomic mass is 35.5. The van der Waals surface area contributed by atoms with E-state index in [1.807, 2.05) is 0 Å². The third kappa shape index (κ3) is 5.65. The van der Waals surface area contributed by atoms with Crippen molar-refractivity contribution in [2.75, 3.05) is 5.32 Å². The average molecular weight is 418 g/mol. The van der Waals surface area contributed by atoms with Crippen molar-refractivity contribution in [3.05, 3.63) is 76.7 Å². The van der Waals surface area contributed by atoms with Crippen LogP contribution < -0.4 is 10.6 Å². The highest BCUT2D eigenvalue weighted by Gasteiger charge is 2.07. The standard InChI is InChI=1S/C19H13Cl2N3O2S/c20-13-8-12(9-14(21)10-13)17-5-3-16(26-17)4-6-18(25)24-19(27)23-15-2-1-7-22-11-15/h1-11H,(H2,23,24,25,27). The molecular formula is C19H13Cl2N3O2S. The lowest BCUT2D eigenvalue weighted by Crippen LogP contribution is -2.32. The van der Waals surface area contributed by atoms with Crippen LogP contribution >= 0.6 is 35.4 Å². The van der Waals surface area contributed by atoms with Crippen LogP contribution in [0.15, 0.2) is 65.4 Å². The molecule has 0 aliphatic carbocycles. The summed E-state index contributed by atoms with van der Waals surface area (Å²) in [7, 11) is 0.